The Bertz CT molecular complexity index is 453. The molecule has 98 valence electrons. The number of ether oxygens (including phenoxy) is 1. The van der Waals surface area contributed by atoms with E-state index in [0.717, 1.165) is 5.69 Å². The van der Waals surface area contributed by atoms with E-state index >= 15 is 0 Å². The molecule has 5 nitrogen and oxygen atoms in total. The van der Waals surface area contributed by atoms with E-state index < -0.39 is 12.2 Å². The summed E-state index contributed by atoms with van der Waals surface area (Å²) in [6, 6.07) is 5.37. The average molecular weight is 271 g/mol. The lowest BCUT2D eigenvalue weighted by molar-refractivity contribution is -0.122. The lowest BCUT2D eigenvalue weighted by Gasteiger charge is -2.24. The molecule has 1 aromatic carbocycles. The zero-order valence-electron chi connectivity index (χ0n) is 9.94. The van der Waals surface area contributed by atoms with Crippen LogP contribution in [0.25, 0.3) is 0 Å². The van der Waals surface area contributed by atoms with Gasteiger partial charge in [0.25, 0.3) is 5.91 Å². The van der Waals surface area contributed by atoms with Gasteiger partial charge in [-0.3, -0.25) is 4.79 Å². The van der Waals surface area contributed by atoms with Crippen molar-refractivity contribution in [3.05, 3.63) is 18.2 Å². The van der Waals surface area contributed by atoms with E-state index in [4.69, 9.17) is 16.3 Å². The molecule has 0 saturated heterocycles. The van der Waals surface area contributed by atoms with Gasteiger partial charge in [0.05, 0.1) is 17.7 Å². The molecule has 6 heteroatoms. The van der Waals surface area contributed by atoms with Gasteiger partial charge in [-0.2, -0.15) is 0 Å². The second kappa shape index (κ2) is 5.46. The van der Waals surface area contributed by atoms with Gasteiger partial charge in [-0.1, -0.05) is 0 Å². The molecule has 0 fully saturated rings. The number of fused-ring (bicyclic) bond motifs is 1. The van der Waals surface area contributed by atoms with Gasteiger partial charge in [0.1, 0.15) is 5.75 Å². The third kappa shape index (κ3) is 2.86. The minimum Gasteiger partial charge on any atom is -0.479 e. The monoisotopic (exact) mass is 270 g/mol. The summed E-state index contributed by atoms with van der Waals surface area (Å²) < 4.78 is 5.44. The first-order chi connectivity index (χ1) is 8.60. The van der Waals surface area contributed by atoms with Gasteiger partial charge in [-0.05, 0) is 25.1 Å². The zero-order chi connectivity index (χ0) is 13.1. The van der Waals surface area contributed by atoms with E-state index in [1.807, 2.05) is 6.07 Å². The molecule has 0 spiro atoms. The molecule has 1 amide bonds. The van der Waals surface area contributed by atoms with Crippen molar-refractivity contribution in [1.82, 2.24) is 0 Å². The molecule has 0 aliphatic carbocycles. The fraction of sp³-hybridized carbons (Fsp3) is 0.417. The molecule has 1 heterocycles. The Labute approximate surface area is 110 Å². The first-order valence-electron chi connectivity index (χ1n) is 5.69. The molecular formula is C12H15ClN2O3. The third-order valence-corrected chi connectivity index (χ3v) is 2.99. The van der Waals surface area contributed by atoms with Crippen LogP contribution in [-0.4, -0.2) is 35.6 Å². The lowest BCUT2D eigenvalue weighted by atomic mass is 10.2. The molecule has 1 aliphatic rings. The summed E-state index contributed by atoms with van der Waals surface area (Å²) in [5, 5.41) is 15.1. The minimum atomic E-state index is -0.603. The standard InChI is InChI=1S/C12H15ClN2O3/c1-7-12(17)15-10-4-8(2-3-11(10)18-7)14-6-9(16)5-13/h2-4,7,9,14,16H,5-6H2,1H3,(H,15,17). The van der Waals surface area contributed by atoms with Crippen LogP contribution in [0.15, 0.2) is 18.2 Å². The van der Waals surface area contributed by atoms with Crippen LogP contribution < -0.4 is 15.4 Å². The van der Waals surface area contributed by atoms with Crippen LogP contribution in [0.3, 0.4) is 0 Å². The van der Waals surface area contributed by atoms with Crippen molar-refractivity contribution in [2.75, 3.05) is 23.1 Å². The maximum absolute atomic E-state index is 11.5. The van der Waals surface area contributed by atoms with Crippen LogP contribution in [0.4, 0.5) is 11.4 Å². The number of anilines is 2. The van der Waals surface area contributed by atoms with Crippen LogP contribution in [0.5, 0.6) is 5.75 Å². The normalized spacial score (nSPS) is 19.5. The molecule has 0 aromatic heterocycles. The smallest absolute Gasteiger partial charge is 0.265 e. The van der Waals surface area contributed by atoms with Crippen molar-refractivity contribution >= 4 is 28.9 Å². The van der Waals surface area contributed by atoms with Gasteiger partial charge in [-0.25, -0.2) is 0 Å². The van der Waals surface area contributed by atoms with Crippen molar-refractivity contribution in [3.63, 3.8) is 0 Å². The number of hydrogen-bond donors (Lipinski definition) is 3. The SMILES string of the molecule is CC1Oc2ccc(NCC(O)CCl)cc2NC1=O. The van der Waals surface area contributed by atoms with E-state index in [0.29, 0.717) is 18.0 Å². The van der Waals surface area contributed by atoms with Crippen LogP contribution >= 0.6 is 11.6 Å². The van der Waals surface area contributed by atoms with Gasteiger partial charge in [0, 0.05) is 12.2 Å². The molecular weight excluding hydrogens is 256 g/mol. The minimum absolute atomic E-state index is 0.166. The molecule has 3 N–H and O–H groups in total. The Kier molecular flexibility index (Phi) is 3.93. The van der Waals surface area contributed by atoms with Crippen molar-refractivity contribution in [2.45, 2.75) is 19.1 Å². The Morgan fingerprint density at radius 1 is 1.61 bits per heavy atom. The predicted molar refractivity (Wildman–Crippen MR) is 70.4 cm³/mol. The Balaban J connectivity index is 2.08. The third-order valence-electron chi connectivity index (χ3n) is 2.63. The molecule has 0 radical (unpaired) electrons. The molecule has 2 atom stereocenters. The first-order valence-corrected chi connectivity index (χ1v) is 6.23. The second-order valence-corrected chi connectivity index (χ2v) is 4.46. The molecule has 1 aliphatic heterocycles. The highest BCUT2D eigenvalue weighted by Crippen LogP contribution is 2.32. The van der Waals surface area contributed by atoms with Crippen molar-refractivity contribution in [2.24, 2.45) is 0 Å². The molecule has 0 saturated carbocycles. The summed E-state index contributed by atoms with van der Waals surface area (Å²) in [5.41, 5.74) is 1.42. The predicted octanol–water partition coefficient (Wildman–Crippen LogP) is 1.42. The Hall–Kier alpha value is -1.46. The van der Waals surface area contributed by atoms with Crippen molar-refractivity contribution < 1.29 is 14.6 Å². The number of carbonyl (C=O) groups excluding carboxylic acids is 1. The van der Waals surface area contributed by atoms with E-state index in [9.17, 15) is 9.90 Å². The first kappa shape index (κ1) is 13.0. The van der Waals surface area contributed by atoms with Crippen molar-refractivity contribution in [3.8, 4) is 5.75 Å². The summed E-state index contributed by atoms with van der Waals surface area (Å²) >= 11 is 5.50. The van der Waals surface area contributed by atoms with E-state index in [1.54, 1.807) is 19.1 Å². The van der Waals surface area contributed by atoms with Gasteiger partial charge in [0.2, 0.25) is 0 Å². The van der Waals surface area contributed by atoms with Gasteiger partial charge in [0.15, 0.2) is 6.10 Å². The van der Waals surface area contributed by atoms with E-state index in [2.05, 4.69) is 10.6 Å². The summed E-state index contributed by atoms with van der Waals surface area (Å²) in [4.78, 5) is 11.5. The van der Waals surface area contributed by atoms with Crippen LogP contribution in [0, 0.1) is 0 Å². The maximum Gasteiger partial charge on any atom is 0.265 e. The van der Waals surface area contributed by atoms with E-state index in [-0.39, 0.29) is 11.8 Å². The quantitative estimate of drug-likeness (QED) is 0.724. The number of aliphatic hydroxyl groups excluding tert-OH is 1. The molecule has 2 rings (SSSR count). The molecule has 1 aromatic rings. The number of amides is 1. The van der Waals surface area contributed by atoms with Crippen LogP contribution in [0.2, 0.25) is 0 Å². The number of alkyl halides is 1. The van der Waals surface area contributed by atoms with Gasteiger partial charge >= 0.3 is 0 Å². The number of carbonyl (C=O) groups is 1. The summed E-state index contributed by atoms with van der Waals surface area (Å²) in [6.07, 6.45) is -1.08. The van der Waals surface area contributed by atoms with Gasteiger partial charge in [-0.15, -0.1) is 11.6 Å². The number of aliphatic hydroxyl groups is 1. The lowest BCUT2D eigenvalue weighted by Crippen LogP contribution is -2.34. The molecule has 2 unspecified atom stereocenters. The zero-order valence-corrected chi connectivity index (χ0v) is 10.7. The topological polar surface area (TPSA) is 70.6 Å². The fourth-order valence-electron chi connectivity index (χ4n) is 1.61. The fourth-order valence-corrected chi connectivity index (χ4v) is 1.72. The molecule has 0 bridgehead atoms. The van der Waals surface area contributed by atoms with Crippen molar-refractivity contribution in [1.29, 1.82) is 0 Å². The maximum atomic E-state index is 11.5. The number of rotatable bonds is 4. The Morgan fingerprint density at radius 2 is 2.39 bits per heavy atom. The summed E-state index contributed by atoms with van der Waals surface area (Å²) in [5.74, 6) is 0.654. The summed E-state index contributed by atoms with van der Waals surface area (Å²) in [6.45, 7) is 2.05. The highest BCUT2D eigenvalue weighted by molar-refractivity contribution is 6.18. The Morgan fingerprint density at radius 3 is 3.11 bits per heavy atom. The average Bonchev–Trinajstić information content (AvgIpc) is 2.37. The second-order valence-electron chi connectivity index (χ2n) is 4.15. The number of benzene rings is 1. The molecule has 18 heavy (non-hydrogen) atoms. The summed E-state index contributed by atoms with van der Waals surface area (Å²) in [7, 11) is 0. The number of halogens is 1. The number of hydrogen-bond acceptors (Lipinski definition) is 4. The largest absolute Gasteiger partial charge is 0.479 e. The highest BCUT2D eigenvalue weighted by atomic mass is 35.5. The van der Waals surface area contributed by atoms with Crippen LogP contribution in [0.1, 0.15) is 6.92 Å². The van der Waals surface area contributed by atoms with Gasteiger partial charge < -0.3 is 20.5 Å². The number of nitrogens with one attached hydrogen (secondary N) is 2. The van der Waals surface area contributed by atoms with E-state index in [1.165, 1.54) is 0 Å². The highest BCUT2D eigenvalue weighted by Gasteiger charge is 2.23. The van der Waals surface area contributed by atoms with Crippen LogP contribution in [-0.2, 0) is 4.79 Å².